The fraction of sp³-hybridized carbons (Fsp3) is 0. The topological polar surface area (TPSA) is 87.6 Å². The first-order chi connectivity index (χ1) is 11.3. The molecule has 116 valence electrons. The molecule has 0 fully saturated rings. The van der Waals surface area contributed by atoms with Gasteiger partial charge < -0.3 is 10.7 Å². The highest BCUT2D eigenvalue weighted by Crippen LogP contribution is 2.11. The van der Waals surface area contributed by atoms with Gasteiger partial charge in [-0.25, -0.2) is 0 Å². The van der Waals surface area contributed by atoms with Gasteiger partial charge in [0.2, 0.25) is 0 Å². The third-order valence-corrected chi connectivity index (χ3v) is 2.94. The molecule has 2 aromatic heterocycles. The van der Waals surface area contributed by atoms with Crippen LogP contribution in [-0.2, 0) is 0 Å². The van der Waals surface area contributed by atoms with Crippen LogP contribution in [-0.4, -0.2) is 21.1 Å². The van der Waals surface area contributed by atoms with Crippen molar-refractivity contribution >= 4 is 16.7 Å². The molecule has 2 heterocycles. The Morgan fingerprint density at radius 3 is 1.65 bits per heavy atom. The zero-order valence-corrected chi connectivity index (χ0v) is 12.5. The summed E-state index contributed by atoms with van der Waals surface area (Å²) in [4.78, 5) is 13.1. The number of fused-ring (bicyclic) bond motifs is 1. The zero-order valence-electron chi connectivity index (χ0n) is 12.5. The summed E-state index contributed by atoms with van der Waals surface area (Å²) in [5, 5.41) is 8.60. The van der Waals surface area contributed by atoms with Gasteiger partial charge in [-0.2, -0.15) is 5.10 Å². The second kappa shape index (κ2) is 8.84. The van der Waals surface area contributed by atoms with Crippen molar-refractivity contribution in [2.75, 3.05) is 0 Å². The van der Waals surface area contributed by atoms with Gasteiger partial charge in [-0.05, 0) is 22.9 Å². The first kappa shape index (κ1) is 16.0. The van der Waals surface area contributed by atoms with Crippen molar-refractivity contribution in [1.29, 1.82) is 0 Å². The van der Waals surface area contributed by atoms with E-state index in [0.717, 1.165) is 0 Å². The van der Waals surface area contributed by atoms with E-state index in [1.807, 2.05) is 24.5 Å². The van der Waals surface area contributed by atoms with Crippen molar-refractivity contribution in [2.24, 2.45) is 5.73 Å². The molecule has 4 N–H and O–H groups in total. The number of hydrogen-bond donors (Lipinski definition) is 3. The number of aromatic nitrogens is 3. The molecule has 0 saturated carbocycles. The van der Waals surface area contributed by atoms with Gasteiger partial charge >= 0.3 is 0 Å². The molecule has 0 spiro atoms. The lowest BCUT2D eigenvalue weighted by molar-refractivity contribution is 0.100. The van der Waals surface area contributed by atoms with Crippen LogP contribution >= 0.6 is 0 Å². The van der Waals surface area contributed by atoms with Gasteiger partial charge in [0.25, 0.3) is 5.91 Å². The number of amides is 1. The van der Waals surface area contributed by atoms with Crippen molar-refractivity contribution in [3.8, 4) is 0 Å². The zero-order chi connectivity index (χ0) is 16.3. The lowest BCUT2D eigenvalue weighted by atomic mass is 10.1. The molecule has 4 aromatic rings. The molecule has 0 aliphatic carbocycles. The van der Waals surface area contributed by atoms with E-state index in [1.54, 1.807) is 0 Å². The maximum atomic E-state index is 10.2. The number of hydrogen-bond acceptors (Lipinski definition) is 2. The molecule has 23 heavy (non-hydrogen) atoms. The van der Waals surface area contributed by atoms with E-state index in [9.17, 15) is 4.79 Å². The van der Waals surface area contributed by atoms with Crippen LogP contribution in [0.3, 0.4) is 0 Å². The summed E-state index contributed by atoms with van der Waals surface area (Å²) in [6, 6.07) is 20.6. The van der Waals surface area contributed by atoms with E-state index in [4.69, 9.17) is 5.73 Å². The molecule has 0 atom stereocenters. The maximum absolute atomic E-state index is 10.2. The SMILES string of the molecule is NC(=O)c1cn[nH]c1.c1cc[nH]c1.c1ccc2ccccc2c1. The van der Waals surface area contributed by atoms with E-state index >= 15 is 0 Å². The number of nitrogens with one attached hydrogen (secondary N) is 2. The fourth-order valence-electron chi connectivity index (χ4n) is 1.80. The number of nitrogens with two attached hydrogens (primary N) is 1. The van der Waals surface area contributed by atoms with Crippen molar-refractivity contribution in [3.63, 3.8) is 0 Å². The van der Waals surface area contributed by atoms with Crippen LogP contribution in [0.2, 0.25) is 0 Å². The molecule has 4 rings (SSSR count). The molecule has 1 amide bonds. The van der Waals surface area contributed by atoms with Gasteiger partial charge in [0.1, 0.15) is 0 Å². The summed E-state index contributed by atoms with van der Waals surface area (Å²) in [5.41, 5.74) is 5.27. The van der Waals surface area contributed by atoms with Crippen LogP contribution in [0.5, 0.6) is 0 Å². The third kappa shape index (κ3) is 5.51. The number of primary amides is 1. The van der Waals surface area contributed by atoms with Crippen molar-refractivity contribution in [2.45, 2.75) is 0 Å². The smallest absolute Gasteiger partial charge is 0.251 e. The van der Waals surface area contributed by atoms with Gasteiger partial charge in [0, 0.05) is 18.6 Å². The highest BCUT2D eigenvalue weighted by atomic mass is 16.1. The van der Waals surface area contributed by atoms with Crippen LogP contribution in [0.1, 0.15) is 10.4 Å². The molecule has 5 nitrogen and oxygen atoms in total. The fourth-order valence-corrected chi connectivity index (χ4v) is 1.80. The van der Waals surface area contributed by atoms with Gasteiger partial charge in [-0.15, -0.1) is 0 Å². The molecule has 0 aliphatic heterocycles. The summed E-state index contributed by atoms with van der Waals surface area (Å²) < 4.78 is 0. The standard InChI is InChI=1S/C10H8.C4H5N3O.C4H5N/c1-2-6-10-8-4-3-7-9(10)5-1;5-4(8)3-1-6-7-2-3;1-2-4-5-3-1/h1-8H;1-2H,(H2,5,8)(H,6,7);1-5H. The summed E-state index contributed by atoms with van der Waals surface area (Å²) in [6.45, 7) is 0. The maximum Gasteiger partial charge on any atom is 0.251 e. The Hall–Kier alpha value is -3.34. The molecular weight excluding hydrogens is 288 g/mol. The lowest BCUT2D eigenvalue weighted by Gasteiger charge is -1.92. The van der Waals surface area contributed by atoms with Crippen LogP contribution in [0, 0.1) is 0 Å². The molecule has 2 aromatic carbocycles. The predicted octanol–water partition coefficient (Wildman–Crippen LogP) is 3.36. The third-order valence-electron chi connectivity index (χ3n) is 2.94. The predicted molar refractivity (Wildman–Crippen MR) is 91.8 cm³/mol. The Bertz CT molecular complexity index is 725. The number of rotatable bonds is 1. The number of nitrogens with zero attached hydrogens (tertiary/aromatic N) is 1. The number of carbonyl (C=O) groups excluding carboxylic acids is 1. The van der Waals surface area contributed by atoms with E-state index < -0.39 is 5.91 Å². The lowest BCUT2D eigenvalue weighted by Crippen LogP contribution is -2.09. The molecule has 0 bridgehead atoms. The van der Waals surface area contributed by atoms with Gasteiger partial charge in [-0.3, -0.25) is 9.89 Å². The van der Waals surface area contributed by atoms with Crippen molar-refractivity contribution < 1.29 is 4.79 Å². The quantitative estimate of drug-likeness (QED) is 0.503. The van der Waals surface area contributed by atoms with E-state index in [1.165, 1.54) is 23.2 Å². The monoisotopic (exact) mass is 306 g/mol. The molecule has 0 radical (unpaired) electrons. The van der Waals surface area contributed by atoms with Crippen molar-refractivity contribution in [3.05, 3.63) is 91.0 Å². The Morgan fingerprint density at radius 1 is 0.870 bits per heavy atom. The highest BCUT2D eigenvalue weighted by Gasteiger charge is 1.96. The largest absolute Gasteiger partial charge is 0.368 e. The molecule has 5 heteroatoms. The van der Waals surface area contributed by atoms with Crippen LogP contribution in [0.15, 0.2) is 85.5 Å². The van der Waals surface area contributed by atoms with Crippen LogP contribution < -0.4 is 5.73 Å². The second-order valence-electron chi connectivity index (χ2n) is 4.58. The van der Waals surface area contributed by atoms with Gasteiger partial charge in [-0.1, -0.05) is 48.5 Å². The van der Waals surface area contributed by atoms with Crippen LogP contribution in [0.4, 0.5) is 0 Å². The molecular formula is C18H18N4O. The summed E-state index contributed by atoms with van der Waals surface area (Å²) >= 11 is 0. The van der Waals surface area contributed by atoms with Crippen molar-refractivity contribution in [1.82, 2.24) is 15.2 Å². The number of aromatic amines is 2. The number of benzene rings is 2. The molecule has 0 unspecified atom stereocenters. The minimum Gasteiger partial charge on any atom is -0.368 e. The van der Waals surface area contributed by atoms with E-state index in [2.05, 4.69) is 63.7 Å². The van der Waals surface area contributed by atoms with Crippen LogP contribution in [0.25, 0.3) is 10.8 Å². The first-order valence-electron chi connectivity index (χ1n) is 7.07. The summed E-state index contributed by atoms with van der Waals surface area (Å²) in [6.07, 6.45) is 6.57. The first-order valence-corrected chi connectivity index (χ1v) is 7.07. The Balaban J connectivity index is 0.000000133. The average Bonchev–Trinajstić information content (AvgIpc) is 3.31. The van der Waals surface area contributed by atoms with Gasteiger partial charge in [0.15, 0.2) is 0 Å². The Labute approximate surface area is 134 Å². The summed E-state index contributed by atoms with van der Waals surface area (Å²) in [5.74, 6) is -0.459. The minimum atomic E-state index is -0.459. The van der Waals surface area contributed by atoms with E-state index in [0.29, 0.717) is 5.56 Å². The van der Waals surface area contributed by atoms with Gasteiger partial charge in [0.05, 0.1) is 11.8 Å². The molecule has 0 aliphatic rings. The Kier molecular flexibility index (Phi) is 6.16. The normalized spacial score (nSPS) is 9.22. The Morgan fingerprint density at radius 2 is 1.39 bits per heavy atom. The van der Waals surface area contributed by atoms with E-state index in [-0.39, 0.29) is 0 Å². The second-order valence-corrected chi connectivity index (χ2v) is 4.58. The number of carbonyl (C=O) groups is 1. The number of H-pyrrole nitrogens is 2. The average molecular weight is 306 g/mol. The summed E-state index contributed by atoms with van der Waals surface area (Å²) in [7, 11) is 0. The molecule has 0 saturated heterocycles. The highest BCUT2D eigenvalue weighted by molar-refractivity contribution is 5.92. The minimum absolute atomic E-state index is 0.407.